The molecule has 96 valence electrons. The van der Waals surface area contributed by atoms with E-state index in [0.717, 1.165) is 0 Å². The van der Waals surface area contributed by atoms with Crippen LogP contribution in [0.4, 0.5) is 5.82 Å². The number of carbonyl (C=O) groups excluding carboxylic acids is 1. The highest BCUT2D eigenvalue weighted by molar-refractivity contribution is 6.29. The lowest BCUT2D eigenvalue weighted by atomic mass is 10.3. The molecule has 0 bridgehead atoms. The summed E-state index contributed by atoms with van der Waals surface area (Å²) in [5.74, 6) is -1.66. The van der Waals surface area contributed by atoms with Gasteiger partial charge in [0.1, 0.15) is 16.7 Å². The standard InChI is InChI=1S/C11H7ClN4O3/c12-8-5-13-4-7(14-8)10(17)16-9-3-1-2-6(15-9)11(18)19/h1-5H,(H,18,19)(H,15,16,17). The van der Waals surface area contributed by atoms with Crippen LogP contribution in [0.3, 0.4) is 0 Å². The van der Waals surface area contributed by atoms with Crippen molar-refractivity contribution in [1.82, 2.24) is 15.0 Å². The molecule has 2 aromatic heterocycles. The van der Waals surface area contributed by atoms with E-state index in [9.17, 15) is 9.59 Å². The maximum atomic E-state index is 11.8. The van der Waals surface area contributed by atoms with E-state index >= 15 is 0 Å². The SMILES string of the molecule is O=C(O)c1cccc(NC(=O)c2cncc(Cl)n2)n1. The van der Waals surface area contributed by atoms with Crippen molar-refractivity contribution in [2.75, 3.05) is 5.32 Å². The summed E-state index contributed by atoms with van der Waals surface area (Å²) in [5.41, 5.74) is -0.162. The van der Waals surface area contributed by atoms with Gasteiger partial charge in [-0.05, 0) is 12.1 Å². The Kier molecular flexibility index (Phi) is 3.67. The molecule has 0 aliphatic heterocycles. The van der Waals surface area contributed by atoms with Gasteiger partial charge in [0.2, 0.25) is 0 Å². The van der Waals surface area contributed by atoms with Crippen molar-refractivity contribution in [3.63, 3.8) is 0 Å². The Balaban J connectivity index is 2.19. The first kappa shape index (κ1) is 12.9. The number of carboxylic acids is 1. The molecule has 8 heteroatoms. The van der Waals surface area contributed by atoms with E-state index in [1.165, 1.54) is 30.6 Å². The highest BCUT2D eigenvalue weighted by Gasteiger charge is 2.11. The third-order valence-corrected chi connectivity index (χ3v) is 2.23. The average Bonchev–Trinajstić information content (AvgIpc) is 2.39. The molecule has 0 aliphatic rings. The number of aromatic nitrogens is 3. The van der Waals surface area contributed by atoms with Crippen LogP contribution in [-0.4, -0.2) is 31.9 Å². The Morgan fingerprint density at radius 3 is 2.63 bits per heavy atom. The van der Waals surface area contributed by atoms with Crippen LogP contribution in [-0.2, 0) is 0 Å². The fraction of sp³-hybridized carbons (Fsp3) is 0. The summed E-state index contributed by atoms with van der Waals surface area (Å²) < 4.78 is 0. The highest BCUT2D eigenvalue weighted by atomic mass is 35.5. The number of halogens is 1. The van der Waals surface area contributed by atoms with E-state index in [2.05, 4.69) is 20.3 Å². The fourth-order valence-corrected chi connectivity index (χ4v) is 1.40. The largest absolute Gasteiger partial charge is 0.477 e. The van der Waals surface area contributed by atoms with Crippen molar-refractivity contribution in [1.29, 1.82) is 0 Å². The van der Waals surface area contributed by atoms with Crippen LogP contribution in [0.15, 0.2) is 30.6 Å². The Morgan fingerprint density at radius 2 is 1.95 bits per heavy atom. The lowest BCUT2D eigenvalue weighted by molar-refractivity contribution is 0.0690. The van der Waals surface area contributed by atoms with E-state index < -0.39 is 11.9 Å². The second-order valence-corrected chi connectivity index (χ2v) is 3.78. The van der Waals surface area contributed by atoms with Crippen molar-refractivity contribution in [3.05, 3.63) is 47.1 Å². The predicted octanol–water partition coefficient (Wildman–Crippen LogP) is 1.48. The van der Waals surface area contributed by atoms with Crippen LogP contribution in [0.25, 0.3) is 0 Å². The molecule has 2 rings (SSSR count). The summed E-state index contributed by atoms with van der Waals surface area (Å²) in [6.45, 7) is 0. The number of aromatic carboxylic acids is 1. The van der Waals surface area contributed by atoms with Crippen LogP contribution in [0.2, 0.25) is 5.15 Å². The molecule has 2 aromatic rings. The van der Waals surface area contributed by atoms with Crippen molar-refractivity contribution in [2.24, 2.45) is 0 Å². The number of pyridine rings is 1. The summed E-state index contributed by atoms with van der Waals surface area (Å²) in [4.78, 5) is 33.8. The molecule has 2 N–H and O–H groups in total. The molecule has 19 heavy (non-hydrogen) atoms. The van der Waals surface area contributed by atoms with Gasteiger partial charge in [0, 0.05) is 0 Å². The van der Waals surface area contributed by atoms with Crippen molar-refractivity contribution < 1.29 is 14.7 Å². The number of rotatable bonds is 3. The van der Waals surface area contributed by atoms with Crippen molar-refractivity contribution in [3.8, 4) is 0 Å². The molecular weight excluding hydrogens is 272 g/mol. The third kappa shape index (κ3) is 3.23. The quantitative estimate of drug-likeness (QED) is 0.881. The number of nitrogens with one attached hydrogen (secondary N) is 1. The van der Waals surface area contributed by atoms with Gasteiger partial charge in [-0.15, -0.1) is 0 Å². The number of hydrogen-bond acceptors (Lipinski definition) is 5. The summed E-state index contributed by atoms with van der Waals surface area (Å²) >= 11 is 5.61. The van der Waals surface area contributed by atoms with Gasteiger partial charge in [0.25, 0.3) is 5.91 Å². The Bertz CT molecular complexity index is 647. The van der Waals surface area contributed by atoms with E-state index in [-0.39, 0.29) is 22.4 Å². The van der Waals surface area contributed by atoms with Gasteiger partial charge >= 0.3 is 5.97 Å². The van der Waals surface area contributed by atoms with Gasteiger partial charge in [-0.25, -0.2) is 14.8 Å². The highest BCUT2D eigenvalue weighted by Crippen LogP contribution is 2.08. The Hall–Kier alpha value is -2.54. The number of anilines is 1. The molecule has 0 saturated heterocycles. The van der Waals surface area contributed by atoms with Gasteiger partial charge < -0.3 is 10.4 Å². The molecule has 0 aromatic carbocycles. The zero-order chi connectivity index (χ0) is 13.8. The van der Waals surface area contributed by atoms with Gasteiger partial charge in [-0.2, -0.15) is 0 Å². The molecule has 2 heterocycles. The minimum absolute atomic E-state index is 0.00929. The zero-order valence-corrected chi connectivity index (χ0v) is 10.1. The maximum absolute atomic E-state index is 11.8. The molecule has 0 radical (unpaired) electrons. The lowest BCUT2D eigenvalue weighted by Gasteiger charge is -2.04. The first-order valence-corrected chi connectivity index (χ1v) is 5.43. The van der Waals surface area contributed by atoms with Gasteiger partial charge in [-0.3, -0.25) is 9.78 Å². The van der Waals surface area contributed by atoms with E-state index in [1.807, 2.05) is 0 Å². The molecule has 0 saturated carbocycles. The minimum atomic E-state index is -1.18. The molecule has 0 unspecified atom stereocenters. The topological polar surface area (TPSA) is 105 Å². The van der Waals surface area contributed by atoms with Gasteiger partial charge in [0.15, 0.2) is 5.69 Å². The first-order chi connectivity index (χ1) is 9.06. The van der Waals surface area contributed by atoms with E-state index in [1.54, 1.807) is 0 Å². The monoisotopic (exact) mass is 278 g/mol. The molecule has 0 fully saturated rings. The van der Waals surface area contributed by atoms with Gasteiger partial charge in [0.05, 0.1) is 12.4 Å². The smallest absolute Gasteiger partial charge is 0.354 e. The third-order valence-electron chi connectivity index (χ3n) is 2.05. The molecule has 0 spiro atoms. The fourth-order valence-electron chi connectivity index (χ4n) is 1.26. The van der Waals surface area contributed by atoms with Crippen LogP contribution in [0.5, 0.6) is 0 Å². The normalized spacial score (nSPS) is 9.95. The zero-order valence-electron chi connectivity index (χ0n) is 9.37. The number of nitrogens with zero attached hydrogens (tertiary/aromatic N) is 3. The molecular formula is C11H7ClN4O3. The summed E-state index contributed by atoms with van der Waals surface area (Å²) in [5, 5.41) is 11.3. The number of carboxylic acid groups (broad SMARTS) is 1. The average molecular weight is 279 g/mol. The molecule has 0 aliphatic carbocycles. The van der Waals surface area contributed by atoms with E-state index in [0.29, 0.717) is 0 Å². The van der Waals surface area contributed by atoms with Gasteiger partial charge in [-0.1, -0.05) is 17.7 Å². The summed E-state index contributed by atoms with van der Waals surface area (Å²) in [6, 6.07) is 4.25. The second-order valence-electron chi connectivity index (χ2n) is 3.39. The van der Waals surface area contributed by atoms with Crippen LogP contribution in [0.1, 0.15) is 21.0 Å². The van der Waals surface area contributed by atoms with Crippen LogP contribution < -0.4 is 5.32 Å². The molecule has 1 amide bonds. The Labute approximate surface area is 112 Å². The summed E-state index contributed by atoms with van der Waals surface area (Å²) in [6.07, 6.45) is 2.53. The number of hydrogen-bond donors (Lipinski definition) is 2. The predicted molar refractivity (Wildman–Crippen MR) is 66.2 cm³/mol. The second kappa shape index (κ2) is 5.40. The maximum Gasteiger partial charge on any atom is 0.354 e. The minimum Gasteiger partial charge on any atom is -0.477 e. The van der Waals surface area contributed by atoms with E-state index in [4.69, 9.17) is 16.7 Å². The molecule has 0 atom stereocenters. The van der Waals surface area contributed by atoms with Crippen molar-refractivity contribution in [2.45, 2.75) is 0 Å². The lowest BCUT2D eigenvalue weighted by Crippen LogP contribution is -2.15. The first-order valence-electron chi connectivity index (χ1n) is 5.05. The number of amides is 1. The summed E-state index contributed by atoms with van der Waals surface area (Å²) in [7, 11) is 0. The van der Waals surface area contributed by atoms with Crippen molar-refractivity contribution >= 4 is 29.3 Å². The number of carbonyl (C=O) groups is 2. The van der Waals surface area contributed by atoms with Crippen LogP contribution in [0, 0.1) is 0 Å². The van der Waals surface area contributed by atoms with Crippen LogP contribution >= 0.6 is 11.6 Å². The molecule has 7 nitrogen and oxygen atoms in total. The Morgan fingerprint density at radius 1 is 1.16 bits per heavy atom.